The van der Waals surface area contributed by atoms with Crippen molar-refractivity contribution in [2.24, 2.45) is 0 Å². The summed E-state index contributed by atoms with van der Waals surface area (Å²) in [5, 5.41) is 2.71. The lowest BCUT2D eigenvalue weighted by molar-refractivity contribution is 0.0477. The van der Waals surface area contributed by atoms with Crippen molar-refractivity contribution >= 4 is 34.7 Å². The number of ether oxygens (including phenoxy) is 1. The highest BCUT2D eigenvalue weighted by Gasteiger charge is 2.17. The molecule has 0 fully saturated rings. The van der Waals surface area contributed by atoms with Gasteiger partial charge in [0.1, 0.15) is 0 Å². The smallest absolute Gasteiger partial charge is 0.340 e. The molecule has 0 saturated heterocycles. The van der Waals surface area contributed by atoms with E-state index in [4.69, 9.17) is 4.74 Å². The van der Waals surface area contributed by atoms with Gasteiger partial charge in [0, 0.05) is 10.4 Å². The Bertz CT molecular complexity index is 979. The van der Waals surface area contributed by atoms with Crippen LogP contribution in [0.5, 0.6) is 0 Å². The molecule has 0 radical (unpaired) electrons. The number of hydrogen-bond acceptors (Lipinski definition) is 5. The van der Waals surface area contributed by atoms with Crippen LogP contribution in [-0.4, -0.2) is 24.3 Å². The van der Waals surface area contributed by atoms with Gasteiger partial charge in [0.2, 0.25) is 5.78 Å². The summed E-state index contributed by atoms with van der Waals surface area (Å²) in [5.41, 5.74) is 0.997. The average molecular weight is 379 g/mol. The molecule has 0 spiro atoms. The Morgan fingerprint density at radius 3 is 2.33 bits per heavy atom. The second kappa shape index (κ2) is 8.42. The molecule has 0 atom stereocenters. The summed E-state index contributed by atoms with van der Waals surface area (Å²) >= 11 is 1.35. The molecule has 5 nitrogen and oxygen atoms in total. The fourth-order valence-electron chi connectivity index (χ4n) is 2.42. The predicted octanol–water partition coefficient (Wildman–Crippen LogP) is 4.35. The van der Waals surface area contributed by atoms with Gasteiger partial charge in [0.25, 0.3) is 5.91 Å². The van der Waals surface area contributed by atoms with E-state index >= 15 is 0 Å². The molecule has 0 aliphatic carbocycles. The van der Waals surface area contributed by atoms with Crippen LogP contribution in [0.15, 0.2) is 66.7 Å². The minimum atomic E-state index is -0.666. The minimum absolute atomic E-state index is 0.192. The molecule has 0 unspecified atom stereocenters. The number of hydrogen-bond donors (Lipinski definition) is 1. The highest BCUT2D eigenvalue weighted by atomic mass is 32.1. The fourth-order valence-corrected chi connectivity index (χ4v) is 3.21. The van der Waals surface area contributed by atoms with Gasteiger partial charge in [0.05, 0.1) is 16.1 Å². The number of aryl methyl sites for hydroxylation is 1. The number of carbonyl (C=O) groups is 3. The fraction of sp³-hybridized carbons (Fsp3) is 0.0952. The number of para-hydroxylation sites is 1. The van der Waals surface area contributed by atoms with E-state index in [1.165, 1.54) is 11.3 Å². The molecule has 0 aliphatic rings. The highest BCUT2D eigenvalue weighted by Crippen LogP contribution is 2.19. The molecule has 6 heteroatoms. The number of anilines is 1. The van der Waals surface area contributed by atoms with E-state index in [0.29, 0.717) is 16.1 Å². The second-order valence-electron chi connectivity index (χ2n) is 5.78. The number of Topliss-reactive ketones (excluding diaryl/α,β-unsaturated/α-hetero) is 1. The van der Waals surface area contributed by atoms with Crippen molar-refractivity contribution in [1.82, 2.24) is 0 Å². The third kappa shape index (κ3) is 4.68. The Morgan fingerprint density at radius 2 is 1.63 bits per heavy atom. The van der Waals surface area contributed by atoms with Crippen molar-refractivity contribution in [3.8, 4) is 0 Å². The van der Waals surface area contributed by atoms with Crippen LogP contribution < -0.4 is 5.32 Å². The van der Waals surface area contributed by atoms with Crippen molar-refractivity contribution in [3.63, 3.8) is 0 Å². The Kier molecular flexibility index (Phi) is 5.78. The molecule has 0 saturated carbocycles. The first-order valence-corrected chi connectivity index (χ1v) is 9.08. The Hall–Kier alpha value is -3.25. The molecule has 1 heterocycles. The van der Waals surface area contributed by atoms with Crippen molar-refractivity contribution in [2.45, 2.75) is 6.92 Å². The number of thiophene rings is 1. The summed E-state index contributed by atoms with van der Waals surface area (Å²) in [6.07, 6.45) is 0. The summed E-state index contributed by atoms with van der Waals surface area (Å²) in [5.74, 6) is -1.26. The highest BCUT2D eigenvalue weighted by molar-refractivity contribution is 7.14. The zero-order valence-electron chi connectivity index (χ0n) is 14.6. The first-order valence-electron chi connectivity index (χ1n) is 8.27. The van der Waals surface area contributed by atoms with Gasteiger partial charge in [-0.15, -0.1) is 11.3 Å². The number of carbonyl (C=O) groups excluding carboxylic acids is 3. The number of benzene rings is 2. The van der Waals surface area contributed by atoms with Gasteiger partial charge in [-0.25, -0.2) is 4.79 Å². The predicted molar refractivity (Wildman–Crippen MR) is 105 cm³/mol. The molecule has 136 valence electrons. The topological polar surface area (TPSA) is 72.5 Å². The zero-order valence-corrected chi connectivity index (χ0v) is 15.4. The Labute approximate surface area is 160 Å². The number of esters is 1. The van der Waals surface area contributed by atoms with Crippen LogP contribution in [0.1, 0.15) is 35.3 Å². The SMILES string of the molecule is Cc1ccc(C(=O)COC(=O)c2ccccc2NC(=O)c2ccccc2)s1. The maximum absolute atomic E-state index is 12.4. The molecule has 3 aromatic rings. The monoisotopic (exact) mass is 379 g/mol. The van der Waals surface area contributed by atoms with Crippen LogP contribution in [0.3, 0.4) is 0 Å². The van der Waals surface area contributed by atoms with Crippen molar-refractivity contribution < 1.29 is 19.1 Å². The first kappa shape index (κ1) is 18.5. The lowest BCUT2D eigenvalue weighted by Crippen LogP contribution is -2.17. The molecule has 1 amide bonds. The summed E-state index contributed by atoms with van der Waals surface area (Å²) < 4.78 is 5.15. The van der Waals surface area contributed by atoms with Gasteiger partial charge in [-0.05, 0) is 43.3 Å². The molecule has 3 rings (SSSR count). The van der Waals surface area contributed by atoms with Crippen molar-refractivity contribution in [2.75, 3.05) is 11.9 Å². The van der Waals surface area contributed by atoms with Crippen LogP contribution in [0, 0.1) is 6.92 Å². The standard InChI is InChI=1S/C21H17NO4S/c1-14-11-12-19(27-14)18(23)13-26-21(25)16-9-5-6-10-17(16)22-20(24)15-7-3-2-4-8-15/h2-12H,13H2,1H3,(H,22,24). The summed E-state index contributed by atoms with van der Waals surface area (Å²) in [4.78, 5) is 38.4. The van der Waals surface area contributed by atoms with Gasteiger partial charge in [-0.1, -0.05) is 30.3 Å². The third-order valence-corrected chi connectivity index (χ3v) is 4.82. The number of amides is 1. The first-order chi connectivity index (χ1) is 13.0. The molecule has 0 bridgehead atoms. The maximum Gasteiger partial charge on any atom is 0.340 e. The van der Waals surface area contributed by atoms with E-state index in [9.17, 15) is 14.4 Å². The molecule has 2 aromatic carbocycles. The van der Waals surface area contributed by atoms with Gasteiger partial charge < -0.3 is 10.1 Å². The van der Waals surface area contributed by atoms with Gasteiger partial charge in [0.15, 0.2) is 6.61 Å². The van der Waals surface area contributed by atoms with Crippen LogP contribution in [0.25, 0.3) is 0 Å². The Balaban J connectivity index is 1.68. The van der Waals surface area contributed by atoms with Gasteiger partial charge in [-0.2, -0.15) is 0 Å². The average Bonchev–Trinajstić information content (AvgIpc) is 3.13. The minimum Gasteiger partial charge on any atom is -0.454 e. The van der Waals surface area contributed by atoms with Gasteiger partial charge in [-0.3, -0.25) is 9.59 Å². The molecule has 27 heavy (non-hydrogen) atoms. The normalized spacial score (nSPS) is 10.3. The molecule has 1 N–H and O–H groups in total. The van der Waals surface area contributed by atoms with E-state index in [1.54, 1.807) is 54.6 Å². The van der Waals surface area contributed by atoms with Crippen molar-refractivity contribution in [1.29, 1.82) is 0 Å². The van der Waals surface area contributed by atoms with Crippen LogP contribution in [-0.2, 0) is 4.74 Å². The van der Waals surface area contributed by atoms with Crippen molar-refractivity contribution in [3.05, 3.63) is 87.6 Å². The van der Waals surface area contributed by atoms with Crippen LogP contribution >= 0.6 is 11.3 Å². The van der Waals surface area contributed by atoms with Crippen LogP contribution in [0.2, 0.25) is 0 Å². The number of rotatable bonds is 6. The lowest BCUT2D eigenvalue weighted by Gasteiger charge is -2.10. The molecular formula is C21H17NO4S. The molecular weight excluding hydrogens is 362 g/mol. The molecule has 1 aromatic heterocycles. The van der Waals surface area contributed by atoms with E-state index in [2.05, 4.69) is 5.32 Å². The largest absolute Gasteiger partial charge is 0.454 e. The zero-order chi connectivity index (χ0) is 19.2. The summed E-state index contributed by atoms with van der Waals surface area (Å²) in [7, 11) is 0. The summed E-state index contributed by atoms with van der Waals surface area (Å²) in [6.45, 7) is 1.55. The maximum atomic E-state index is 12.4. The second-order valence-corrected chi connectivity index (χ2v) is 7.06. The van der Waals surface area contributed by atoms with E-state index in [0.717, 1.165) is 4.88 Å². The van der Waals surface area contributed by atoms with E-state index in [1.807, 2.05) is 19.1 Å². The third-order valence-electron chi connectivity index (χ3n) is 3.78. The lowest BCUT2D eigenvalue weighted by atomic mass is 10.1. The van der Waals surface area contributed by atoms with Crippen LogP contribution in [0.4, 0.5) is 5.69 Å². The molecule has 0 aliphatic heterocycles. The summed E-state index contributed by atoms with van der Waals surface area (Å²) in [6, 6.07) is 18.8. The Morgan fingerprint density at radius 1 is 0.926 bits per heavy atom. The number of ketones is 1. The number of nitrogens with one attached hydrogen (secondary N) is 1. The van der Waals surface area contributed by atoms with E-state index in [-0.39, 0.29) is 23.9 Å². The van der Waals surface area contributed by atoms with E-state index < -0.39 is 5.97 Å². The quantitative estimate of drug-likeness (QED) is 0.510. The van der Waals surface area contributed by atoms with Gasteiger partial charge >= 0.3 is 5.97 Å².